The zero-order valence-corrected chi connectivity index (χ0v) is 11.3. The van der Waals surface area contributed by atoms with E-state index in [-0.39, 0.29) is 19.8 Å². The van der Waals surface area contributed by atoms with E-state index < -0.39 is 6.10 Å². The SMILES string of the molecule is N#Cc1cccc(OCC(O)CN(CCO)CCO)c1. The van der Waals surface area contributed by atoms with E-state index in [1.165, 1.54) is 0 Å². The van der Waals surface area contributed by atoms with Crippen molar-refractivity contribution in [3.05, 3.63) is 29.8 Å². The maximum absolute atomic E-state index is 9.87. The van der Waals surface area contributed by atoms with Gasteiger partial charge < -0.3 is 20.1 Å². The summed E-state index contributed by atoms with van der Waals surface area (Å²) in [4.78, 5) is 1.75. The molecule has 0 fully saturated rings. The summed E-state index contributed by atoms with van der Waals surface area (Å²) in [5.41, 5.74) is 0.499. The fourth-order valence-electron chi connectivity index (χ4n) is 1.78. The molecule has 0 spiro atoms. The molecular formula is C14H20N2O4. The summed E-state index contributed by atoms with van der Waals surface area (Å²) >= 11 is 0. The number of aliphatic hydroxyl groups is 3. The van der Waals surface area contributed by atoms with Gasteiger partial charge >= 0.3 is 0 Å². The fraction of sp³-hybridized carbons (Fsp3) is 0.500. The largest absolute Gasteiger partial charge is 0.491 e. The predicted molar refractivity (Wildman–Crippen MR) is 73.3 cm³/mol. The van der Waals surface area contributed by atoms with E-state index >= 15 is 0 Å². The second kappa shape index (κ2) is 9.28. The maximum Gasteiger partial charge on any atom is 0.120 e. The quantitative estimate of drug-likeness (QED) is 0.569. The summed E-state index contributed by atoms with van der Waals surface area (Å²) in [6.07, 6.45) is -0.737. The molecule has 0 radical (unpaired) electrons. The van der Waals surface area contributed by atoms with Crippen LogP contribution >= 0.6 is 0 Å². The first-order valence-electron chi connectivity index (χ1n) is 6.44. The standard InChI is InChI=1S/C14H20N2O4/c15-9-12-2-1-3-14(8-12)20-11-13(19)10-16(4-6-17)5-7-18/h1-3,8,13,17-19H,4-7,10-11H2. The normalized spacial score (nSPS) is 12.2. The van der Waals surface area contributed by atoms with Gasteiger partial charge in [0.05, 0.1) is 24.8 Å². The van der Waals surface area contributed by atoms with Gasteiger partial charge in [0.15, 0.2) is 0 Å². The average Bonchev–Trinajstić information content (AvgIpc) is 2.46. The first-order valence-corrected chi connectivity index (χ1v) is 6.44. The Balaban J connectivity index is 2.41. The zero-order chi connectivity index (χ0) is 14.8. The van der Waals surface area contributed by atoms with E-state index in [0.717, 1.165) is 0 Å². The van der Waals surface area contributed by atoms with Crippen LogP contribution in [0, 0.1) is 11.3 Å². The molecule has 6 nitrogen and oxygen atoms in total. The summed E-state index contributed by atoms with van der Waals surface area (Å²) in [5.74, 6) is 0.527. The van der Waals surface area contributed by atoms with Crippen molar-refractivity contribution in [3.63, 3.8) is 0 Å². The zero-order valence-electron chi connectivity index (χ0n) is 11.3. The molecule has 0 saturated carbocycles. The third kappa shape index (κ3) is 5.99. The van der Waals surface area contributed by atoms with Crippen LogP contribution in [-0.2, 0) is 0 Å². The summed E-state index contributed by atoms with van der Waals surface area (Å²) < 4.78 is 5.41. The molecule has 1 unspecified atom stereocenters. The first kappa shape index (κ1) is 16.4. The number of aliphatic hydroxyl groups excluding tert-OH is 3. The number of nitriles is 1. The van der Waals surface area contributed by atoms with E-state index in [9.17, 15) is 5.11 Å². The van der Waals surface area contributed by atoms with Gasteiger partial charge in [0.1, 0.15) is 18.5 Å². The van der Waals surface area contributed by atoms with Crippen molar-refractivity contribution in [3.8, 4) is 11.8 Å². The number of ether oxygens (including phenoxy) is 1. The molecule has 0 aliphatic rings. The lowest BCUT2D eigenvalue weighted by molar-refractivity contribution is 0.0552. The summed E-state index contributed by atoms with van der Waals surface area (Å²) in [6, 6.07) is 8.72. The van der Waals surface area contributed by atoms with Crippen LogP contribution in [0.15, 0.2) is 24.3 Å². The highest BCUT2D eigenvalue weighted by atomic mass is 16.5. The Morgan fingerprint density at radius 2 is 1.95 bits per heavy atom. The summed E-state index contributed by atoms with van der Waals surface area (Å²) in [7, 11) is 0. The molecule has 1 atom stereocenters. The molecule has 6 heteroatoms. The Bertz CT molecular complexity index is 427. The van der Waals surface area contributed by atoms with Crippen LogP contribution in [0.5, 0.6) is 5.75 Å². The molecule has 0 heterocycles. The van der Waals surface area contributed by atoms with E-state index in [0.29, 0.717) is 30.9 Å². The Morgan fingerprint density at radius 1 is 1.25 bits per heavy atom. The molecule has 1 aromatic carbocycles. The fourth-order valence-corrected chi connectivity index (χ4v) is 1.78. The van der Waals surface area contributed by atoms with Crippen molar-refractivity contribution in [1.82, 2.24) is 4.90 Å². The Labute approximate surface area is 118 Å². The van der Waals surface area contributed by atoms with E-state index in [4.69, 9.17) is 20.2 Å². The third-order valence-electron chi connectivity index (χ3n) is 2.71. The lowest BCUT2D eigenvalue weighted by Crippen LogP contribution is -2.38. The number of hydrogen-bond donors (Lipinski definition) is 3. The van der Waals surface area contributed by atoms with Gasteiger partial charge in [-0.1, -0.05) is 6.07 Å². The predicted octanol–water partition coefficient (Wildman–Crippen LogP) is -0.415. The van der Waals surface area contributed by atoms with E-state index in [2.05, 4.69) is 0 Å². The molecule has 110 valence electrons. The highest BCUT2D eigenvalue weighted by Gasteiger charge is 2.12. The minimum atomic E-state index is -0.737. The molecule has 0 aliphatic heterocycles. The molecule has 0 bridgehead atoms. The summed E-state index contributed by atoms with van der Waals surface area (Å²) in [6.45, 7) is 1.11. The molecule has 0 amide bonds. The van der Waals surface area contributed by atoms with Gasteiger partial charge in [0, 0.05) is 19.6 Å². The molecule has 0 aliphatic carbocycles. The highest BCUT2D eigenvalue weighted by Crippen LogP contribution is 2.12. The van der Waals surface area contributed by atoms with Crippen molar-refractivity contribution in [2.45, 2.75) is 6.10 Å². The van der Waals surface area contributed by atoms with Crippen LogP contribution in [-0.4, -0.2) is 65.8 Å². The van der Waals surface area contributed by atoms with Gasteiger partial charge in [-0.05, 0) is 18.2 Å². The molecule has 3 N–H and O–H groups in total. The van der Waals surface area contributed by atoms with Crippen LogP contribution < -0.4 is 4.74 Å². The van der Waals surface area contributed by atoms with E-state index in [1.54, 1.807) is 29.2 Å². The lowest BCUT2D eigenvalue weighted by atomic mass is 10.2. The highest BCUT2D eigenvalue weighted by molar-refractivity contribution is 5.36. The maximum atomic E-state index is 9.87. The molecule has 0 saturated heterocycles. The monoisotopic (exact) mass is 280 g/mol. The van der Waals surface area contributed by atoms with Gasteiger partial charge in [-0.2, -0.15) is 5.26 Å². The average molecular weight is 280 g/mol. The minimum Gasteiger partial charge on any atom is -0.491 e. The molecular weight excluding hydrogens is 260 g/mol. The molecule has 20 heavy (non-hydrogen) atoms. The third-order valence-corrected chi connectivity index (χ3v) is 2.71. The minimum absolute atomic E-state index is 0.0300. The number of rotatable bonds is 9. The van der Waals surface area contributed by atoms with Gasteiger partial charge in [0.25, 0.3) is 0 Å². The van der Waals surface area contributed by atoms with Crippen LogP contribution in [0.3, 0.4) is 0 Å². The smallest absolute Gasteiger partial charge is 0.120 e. The van der Waals surface area contributed by atoms with E-state index in [1.807, 2.05) is 6.07 Å². The first-order chi connectivity index (χ1) is 9.69. The van der Waals surface area contributed by atoms with Crippen molar-refractivity contribution < 1.29 is 20.1 Å². The number of hydrogen-bond acceptors (Lipinski definition) is 6. The molecule has 1 rings (SSSR count). The van der Waals surface area contributed by atoms with Crippen molar-refractivity contribution >= 4 is 0 Å². The van der Waals surface area contributed by atoms with Crippen LogP contribution in [0.4, 0.5) is 0 Å². The van der Waals surface area contributed by atoms with Crippen molar-refractivity contribution in [2.75, 3.05) is 39.5 Å². The Kier molecular flexibility index (Phi) is 7.62. The summed E-state index contributed by atoms with van der Waals surface area (Å²) in [5, 5.41) is 36.4. The Hall–Kier alpha value is -1.65. The second-order valence-corrected chi connectivity index (χ2v) is 4.35. The Morgan fingerprint density at radius 3 is 2.55 bits per heavy atom. The van der Waals surface area contributed by atoms with Gasteiger partial charge in [-0.15, -0.1) is 0 Å². The number of nitrogens with zero attached hydrogens (tertiary/aromatic N) is 2. The van der Waals surface area contributed by atoms with Gasteiger partial charge in [-0.25, -0.2) is 0 Å². The van der Waals surface area contributed by atoms with Crippen molar-refractivity contribution in [2.24, 2.45) is 0 Å². The van der Waals surface area contributed by atoms with Gasteiger partial charge in [0.2, 0.25) is 0 Å². The van der Waals surface area contributed by atoms with Crippen LogP contribution in [0.2, 0.25) is 0 Å². The number of benzene rings is 1. The van der Waals surface area contributed by atoms with Crippen LogP contribution in [0.25, 0.3) is 0 Å². The van der Waals surface area contributed by atoms with Crippen LogP contribution in [0.1, 0.15) is 5.56 Å². The molecule has 1 aromatic rings. The molecule has 0 aromatic heterocycles. The van der Waals surface area contributed by atoms with Gasteiger partial charge in [-0.3, -0.25) is 4.90 Å². The second-order valence-electron chi connectivity index (χ2n) is 4.35. The van der Waals surface area contributed by atoms with Crippen molar-refractivity contribution in [1.29, 1.82) is 5.26 Å². The lowest BCUT2D eigenvalue weighted by Gasteiger charge is -2.23. The topological polar surface area (TPSA) is 97.0 Å².